The lowest BCUT2D eigenvalue weighted by molar-refractivity contribution is 0.204. The Balaban J connectivity index is 1.59. The van der Waals surface area contributed by atoms with Crippen molar-refractivity contribution < 1.29 is 0 Å². The van der Waals surface area contributed by atoms with Crippen LogP contribution in [0.3, 0.4) is 0 Å². The van der Waals surface area contributed by atoms with Crippen molar-refractivity contribution in [3.8, 4) is 0 Å². The Morgan fingerprint density at radius 1 is 1.20 bits per heavy atom. The maximum absolute atomic E-state index is 3.92. The van der Waals surface area contributed by atoms with Crippen LogP contribution in [-0.4, -0.2) is 18.3 Å². The molecule has 3 rings (SSSR count). The Kier molecular flexibility index (Phi) is 4.72. The van der Waals surface area contributed by atoms with Crippen molar-refractivity contribution in [3.63, 3.8) is 0 Å². The first-order valence-corrected chi connectivity index (χ1v) is 9.19. The maximum Gasteiger partial charge on any atom is 0.0108 e. The van der Waals surface area contributed by atoms with E-state index < -0.39 is 0 Å². The van der Waals surface area contributed by atoms with E-state index in [9.17, 15) is 0 Å². The minimum atomic E-state index is 0.714. The van der Waals surface area contributed by atoms with Gasteiger partial charge in [-0.05, 0) is 36.3 Å². The predicted octanol–water partition coefficient (Wildman–Crippen LogP) is 4.68. The highest BCUT2D eigenvalue weighted by Gasteiger charge is 2.29. The molecule has 110 valence electrons. The van der Waals surface area contributed by atoms with Gasteiger partial charge < -0.3 is 5.32 Å². The molecule has 0 spiro atoms. The van der Waals surface area contributed by atoms with Crippen LogP contribution >= 0.6 is 11.8 Å². The lowest BCUT2D eigenvalue weighted by Gasteiger charge is -2.35. The Morgan fingerprint density at radius 2 is 2.00 bits per heavy atom. The normalized spacial score (nSPS) is 29.6. The number of hydrogen-bond acceptors (Lipinski definition) is 2. The maximum atomic E-state index is 3.92. The lowest BCUT2D eigenvalue weighted by Crippen LogP contribution is -2.42. The summed E-state index contributed by atoms with van der Waals surface area (Å²) < 4.78 is 0. The van der Waals surface area contributed by atoms with Gasteiger partial charge in [0.1, 0.15) is 0 Å². The van der Waals surface area contributed by atoms with Crippen molar-refractivity contribution in [3.05, 3.63) is 29.8 Å². The van der Waals surface area contributed by atoms with Crippen LogP contribution in [0.15, 0.2) is 29.2 Å². The number of thioether (sulfide) groups is 1. The molecule has 0 bridgehead atoms. The summed E-state index contributed by atoms with van der Waals surface area (Å²) in [5.41, 5.74) is 1.57. The Labute approximate surface area is 127 Å². The van der Waals surface area contributed by atoms with Gasteiger partial charge in [0.15, 0.2) is 0 Å². The van der Waals surface area contributed by atoms with Gasteiger partial charge in [0.2, 0.25) is 0 Å². The molecule has 2 heteroatoms. The first-order chi connectivity index (χ1) is 9.75. The first-order valence-electron chi connectivity index (χ1n) is 8.21. The second kappa shape index (κ2) is 6.53. The molecule has 1 saturated carbocycles. The zero-order valence-corrected chi connectivity index (χ0v) is 13.6. The third-order valence-corrected chi connectivity index (χ3v) is 6.35. The van der Waals surface area contributed by atoms with Crippen molar-refractivity contribution in [1.82, 2.24) is 5.32 Å². The van der Waals surface area contributed by atoms with Crippen LogP contribution in [0.25, 0.3) is 0 Å². The largest absolute Gasteiger partial charge is 0.313 e. The van der Waals surface area contributed by atoms with Gasteiger partial charge in [0.25, 0.3) is 0 Å². The molecular formula is C18H27NS. The molecule has 1 fully saturated rings. The summed E-state index contributed by atoms with van der Waals surface area (Å²) in [5.74, 6) is 3.67. The van der Waals surface area contributed by atoms with E-state index in [0.717, 1.165) is 24.4 Å². The van der Waals surface area contributed by atoms with Crippen LogP contribution in [0.4, 0.5) is 0 Å². The predicted molar refractivity (Wildman–Crippen MR) is 88.5 cm³/mol. The molecule has 0 saturated heterocycles. The molecule has 1 aromatic carbocycles. The molecular weight excluding hydrogens is 262 g/mol. The van der Waals surface area contributed by atoms with Crippen LogP contribution in [0.2, 0.25) is 0 Å². The van der Waals surface area contributed by atoms with Crippen molar-refractivity contribution in [2.45, 2.75) is 56.4 Å². The lowest BCUT2D eigenvalue weighted by atomic mass is 9.77. The molecule has 3 atom stereocenters. The van der Waals surface area contributed by atoms with Gasteiger partial charge in [0.05, 0.1) is 0 Å². The van der Waals surface area contributed by atoms with Gasteiger partial charge in [-0.15, -0.1) is 11.8 Å². The highest BCUT2D eigenvalue weighted by atomic mass is 32.2. The van der Waals surface area contributed by atoms with E-state index >= 15 is 0 Å². The average Bonchev–Trinajstić information content (AvgIpc) is 2.88. The van der Waals surface area contributed by atoms with Gasteiger partial charge in [-0.2, -0.15) is 0 Å². The fraction of sp³-hybridized carbons (Fsp3) is 0.667. The third kappa shape index (κ3) is 3.07. The molecule has 1 heterocycles. The Hall–Kier alpha value is -0.470. The van der Waals surface area contributed by atoms with Gasteiger partial charge in [-0.1, -0.05) is 44.9 Å². The molecule has 0 amide bonds. The summed E-state index contributed by atoms with van der Waals surface area (Å²) in [5, 5.41) is 3.92. The second-order valence-corrected chi connectivity index (χ2v) is 7.81. The SMILES string of the molecule is CC(C)C1CCCCC1NCC1CSc2ccccc21. The minimum absolute atomic E-state index is 0.714. The van der Waals surface area contributed by atoms with Gasteiger partial charge in [-0.3, -0.25) is 0 Å². The molecule has 2 aliphatic rings. The Morgan fingerprint density at radius 3 is 2.85 bits per heavy atom. The highest BCUT2D eigenvalue weighted by molar-refractivity contribution is 7.99. The van der Waals surface area contributed by atoms with Crippen molar-refractivity contribution in [2.24, 2.45) is 11.8 Å². The number of benzene rings is 1. The van der Waals surface area contributed by atoms with Gasteiger partial charge in [0, 0.05) is 29.2 Å². The highest BCUT2D eigenvalue weighted by Crippen LogP contribution is 2.39. The van der Waals surface area contributed by atoms with Crippen LogP contribution in [0, 0.1) is 11.8 Å². The van der Waals surface area contributed by atoms with E-state index in [1.165, 1.54) is 36.3 Å². The monoisotopic (exact) mass is 289 g/mol. The van der Waals surface area contributed by atoms with Crippen molar-refractivity contribution >= 4 is 11.8 Å². The molecule has 1 nitrogen and oxygen atoms in total. The fourth-order valence-corrected chi connectivity index (χ4v) is 5.16. The van der Waals surface area contributed by atoms with Gasteiger partial charge in [-0.25, -0.2) is 0 Å². The van der Waals surface area contributed by atoms with E-state index in [2.05, 4.69) is 43.4 Å². The minimum Gasteiger partial charge on any atom is -0.313 e. The van der Waals surface area contributed by atoms with E-state index in [0.29, 0.717) is 5.92 Å². The summed E-state index contributed by atoms with van der Waals surface area (Å²) in [6, 6.07) is 9.70. The summed E-state index contributed by atoms with van der Waals surface area (Å²) >= 11 is 2.03. The molecule has 0 radical (unpaired) electrons. The third-order valence-electron chi connectivity index (χ3n) is 5.10. The molecule has 1 aliphatic carbocycles. The summed E-state index contributed by atoms with van der Waals surface area (Å²) in [4.78, 5) is 1.50. The van der Waals surface area contributed by atoms with E-state index in [1.807, 2.05) is 11.8 Å². The number of fused-ring (bicyclic) bond motifs is 1. The Bertz CT molecular complexity index is 443. The van der Waals surface area contributed by atoms with E-state index in [1.54, 1.807) is 5.56 Å². The van der Waals surface area contributed by atoms with E-state index in [-0.39, 0.29) is 0 Å². The quantitative estimate of drug-likeness (QED) is 0.863. The number of nitrogens with one attached hydrogen (secondary N) is 1. The summed E-state index contributed by atoms with van der Waals surface area (Å²) in [7, 11) is 0. The van der Waals surface area contributed by atoms with Gasteiger partial charge >= 0.3 is 0 Å². The molecule has 3 unspecified atom stereocenters. The zero-order chi connectivity index (χ0) is 13.9. The summed E-state index contributed by atoms with van der Waals surface area (Å²) in [6.45, 7) is 5.95. The van der Waals surface area contributed by atoms with Crippen LogP contribution < -0.4 is 5.32 Å². The number of rotatable bonds is 4. The summed E-state index contributed by atoms with van der Waals surface area (Å²) in [6.07, 6.45) is 5.65. The fourth-order valence-electron chi connectivity index (χ4n) is 3.90. The smallest absolute Gasteiger partial charge is 0.0108 e. The molecule has 0 aromatic heterocycles. The second-order valence-electron chi connectivity index (χ2n) is 6.75. The molecule has 1 N–H and O–H groups in total. The van der Waals surface area contributed by atoms with Crippen molar-refractivity contribution in [1.29, 1.82) is 0 Å². The zero-order valence-electron chi connectivity index (χ0n) is 12.8. The number of hydrogen-bond donors (Lipinski definition) is 1. The van der Waals surface area contributed by atoms with Crippen LogP contribution in [-0.2, 0) is 0 Å². The van der Waals surface area contributed by atoms with Crippen LogP contribution in [0.5, 0.6) is 0 Å². The van der Waals surface area contributed by atoms with E-state index in [4.69, 9.17) is 0 Å². The first kappa shape index (κ1) is 14.5. The molecule has 1 aliphatic heterocycles. The standard InChI is InChI=1S/C18H27NS/c1-13(2)15-7-3-5-9-17(15)19-11-14-12-20-18-10-6-4-8-16(14)18/h4,6,8,10,13-15,17,19H,3,5,7,9,11-12H2,1-2H3. The molecule has 1 aromatic rings. The topological polar surface area (TPSA) is 12.0 Å². The van der Waals surface area contributed by atoms with Crippen molar-refractivity contribution in [2.75, 3.05) is 12.3 Å². The van der Waals surface area contributed by atoms with Crippen LogP contribution in [0.1, 0.15) is 51.0 Å². The average molecular weight is 289 g/mol. The molecule has 20 heavy (non-hydrogen) atoms.